The lowest BCUT2D eigenvalue weighted by Crippen LogP contribution is -2.38. The van der Waals surface area contributed by atoms with E-state index in [0.717, 1.165) is 41.9 Å². The summed E-state index contributed by atoms with van der Waals surface area (Å²) in [6.45, 7) is 8.17. The largest absolute Gasteiger partial charge is 0.378 e. The van der Waals surface area contributed by atoms with Crippen molar-refractivity contribution < 1.29 is 9.53 Å². The molecule has 0 bridgehead atoms. The zero-order valence-corrected chi connectivity index (χ0v) is 20.9. The number of hydrogen-bond donors (Lipinski definition) is 0. The Kier molecular flexibility index (Phi) is 8.24. The summed E-state index contributed by atoms with van der Waals surface area (Å²) in [6, 6.07) is 20.2. The molecule has 1 saturated heterocycles. The molecule has 0 aliphatic carbocycles. The van der Waals surface area contributed by atoms with Crippen LogP contribution in [0.5, 0.6) is 0 Å². The Morgan fingerprint density at radius 3 is 2.15 bits per heavy atom. The Labute approximate surface area is 206 Å². The van der Waals surface area contributed by atoms with Gasteiger partial charge in [-0.25, -0.2) is 0 Å². The summed E-state index contributed by atoms with van der Waals surface area (Å²) in [6.07, 6.45) is 0. The van der Waals surface area contributed by atoms with Crippen LogP contribution in [0.25, 0.3) is 0 Å². The second kappa shape index (κ2) is 11.5. The molecule has 1 aliphatic heterocycles. The van der Waals surface area contributed by atoms with Crippen molar-refractivity contribution in [1.82, 2.24) is 19.7 Å². The molecule has 1 aliphatic rings. The van der Waals surface area contributed by atoms with Gasteiger partial charge in [0, 0.05) is 26.7 Å². The molecular formula is C26H33N5O2S. The average molecular weight is 480 g/mol. The van der Waals surface area contributed by atoms with Gasteiger partial charge in [0.05, 0.1) is 25.0 Å². The van der Waals surface area contributed by atoms with Crippen LogP contribution in [0.2, 0.25) is 0 Å². The van der Waals surface area contributed by atoms with E-state index in [1.54, 1.807) is 0 Å². The lowest BCUT2D eigenvalue weighted by Gasteiger charge is -2.29. The van der Waals surface area contributed by atoms with Crippen LogP contribution in [0.3, 0.4) is 0 Å². The smallest absolute Gasteiger partial charge is 0.233 e. The van der Waals surface area contributed by atoms with E-state index in [2.05, 4.69) is 57.8 Å². The number of morpholine rings is 1. The fourth-order valence-corrected chi connectivity index (χ4v) is 5.06. The third kappa shape index (κ3) is 5.80. The second-order valence-corrected chi connectivity index (χ2v) is 9.85. The number of amides is 1. The molecule has 0 atom stereocenters. The summed E-state index contributed by atoms with van der Waals surface area (Å²) in [5.74, 6) is 1.65. The predicted molar refractivity (Wildman–Crippen MR) is 136 cm³/mol. The van der Waals surface area contributed by atoms with Crippen LogP contribution in [0.4, 0.5) is 5.95 Å². The molecule has 1 aromatic heterocycles. The van der Waals surface area contributed by atoms with E-state index in [1.807, 2.05) is 48.3 Å². The van der Waals surface area contributed by atoms with Crippen molar-refractivity contribution in [2.45, 2.75) is 31.6 Å². The van der Waals surface area contributed by atoms with Crippen molar-refractivity contribution in [1.29, 1.82) is 0 Å². The molecule has 1 amide bonds. The third-order valence-corrected chi connectivity index (χ3v) is 6.83. The molecule has 0 N–H and O–H groups in total. The number of carbonyl (C=O) groups excluding carboxylic acids is 1. The van der Waals surface area contributed by atoms with Crippen molar-refractivity contribution in [2.24, 2.45) is 5.92 Å². The van der Waals surface area contributed by atoms with Gasteiger partial charge in [-0.2, -0.15) is 0 Å². The summed E-state index contributed by atoms with van der Waals surface area (Å²) in [4.78, 5) is 17.4. The molecule has 0 saturated carbocycles. The first-order valence-electron chi connectivity index (χ1n) is 11.8. The van der Waals surface area contributed by atoms with E-state index in [9.17, 15) is 4.79 Å². The van der Waals surface area contributed by atoms with E-state index >= 15 is 0 Å². The van der Waals surface area contributed by atoms with Crippen LogP contribution in [-0.2, 0) is 16.1 Å². The topological polar surface area (TPSA) is 63.5 Å². The number of aromatic nitrogens is 3. The van der Waals surface area contributed by atoms with E-state index < -0.39 is 0 Å². The lowest BCUT2D eigenvalue weighted by atomic mass is 9.97. The third-order valence-electron chi connectivity index (χ3n) is 5.88. The molecule has 2 aromatic carbocycles. The van der Waals surface area contributed by atoms with Gasteiger partial charge in [0.25, 0.3) is 0 Å². The average Bonchev–Trinajstić information content (AvgIpc) is 3.26. The van der Waals surface area contributed by atoms with Gasteiger partial charge in [-0.05, 0) is 17.0 Å². The van der Waals surface area contributed by atoms with Crippen LogP contribution in [0.15, 0.2) is 65.8 Å². The van der Waals surface area contributed by atoms with Crippen molar-refractivity contribution in [3.8, 4) is 0 Å². The highest BCUT2D eigenvalue weighted by Gasteiger charge is 2.25. The first-order valence-corrected chi connectivity index (χ1v) is 12.8. The minimum atomic E-state index is -0.145. The van der Waals surface area contributed by atoms with Gasteiger partial charge >= 0.3 is 0 Å². The van der Waals surface area contributed by atoms with Crippen molar-refractivity contribution in [3.63, 3.8) is 0 Å². The standard InChI is InChI=1S/C26H33N5O2S/c1-20(2)18-31-25(30-14-16-33-17-15-30)27-28-26(31)34-19-23(32)29(3)24(21-10-6-4-7-11-21)22-12-8-5-9-13-22/h4-13,20,24H,14-19H2,1-3H3. The molecule has 3 aromatic rings. The molecular weight excluding hydrogens is 446 g/mol. The SMILES string of the molecule is CC(C)Cn1c(SCC(=O)N(C)C(c2ccccc2)c2ccccc2)nnc1N1CCOCC1. The molecule has 34 heavy (non-hydrogen) atoms. The van der Waals surface area contributed by atoms with Crippen LogP contribution in [0, 0.1) is 5.92 Å². The number of ether oxygens (including phenoxy) is 1. The van der Waals surface area contributed by atoms with E-state index in [4.69, 9.17) is 4.74 Å². The van der Waals surface area contributed by atoms with Gasteiger partial charge in [0.1, 0.15) is 0 Å². The maximum Gasteiger partial charge on any atom is 0.233 e. The fraction of sp³-hybridized carbons (Fsp3) is 0.423. The zero-order valence-electron chi connectivity index (χ0n) is 20.1. The number of carbonyl (C=O) groups is 1. The molecule has 2 heterocycles. The fourth-order valence-electron chi connectivity index (χ4n) is 4.19. The maximum absolute atomic E-state index is 13.4. The molecule has 0 spiro atoms. The Morgan fingerprint density at radius 2 is 1.59 bits per heavy atom. The number of nitrogens with zero attached hydrogens (tertiary/aromatic N) is 5. The molecule has 8 heteroatoms. The number of rotatable bonds is 9. The predicted octanol–water partition coefficient (Wildman–Crippen LogP) is 4.11. The van der Waals surface area contributed by atoms with Gasteiger partial charge in [0.15, 0.2) is 5.16 Å². The summed E-state index contributed by atoms with van der Waals surface area (Å²) in [7, 11) is 1.88. The first kappa shape index (κ1) is 24.3. The number of anilines is 1. The number of hydrogen-bond acceptors (Lipinski definition) is 6. The van der Waals surface area contributed by atoms with E-state index in [1.165, 1.54) is 11.8 Å². The van der Waals surface area contributed by atoms with E-state index in [-0.39, 0.29) is 11.9 Å². The number of benzene rings is 2. The van der Waals surface area contributed by atoms with Crippen LogP contribution < -0.4 is 4.90 Å². The van der Waals surface area contributed by atoms with Crippen molar-refractivity contribution in [3.05, 3.63) is 71.8 Å². The highest BCUT2D eigenvalue weighted by atomic mass is 32.2. The summed E-state index contributed by atoms with van der Waals surface area (Å²) < 4.78 is 7.65. The van der Waals surface area contributed by atoms with Crippen LogP contribution in [-0.4, -0.2) is 64.7 Å². The van der Waals surface area contributed by atoms with Gasteiger partial charge in [-0.3, -0.25) is 9.36 Å². The van der Waals surface area contributed by atoms with Gasteiger partial charge < -0.3 is 14.5 Å². The molecule has 1 fully saturated rings. The lowest BCUT2D eigenvalue weighted by molar-refractivity contribution is -0.128. The Morgan fingerprint density at radius 1 is 1.00 bits per heavy atom. The van der Waals surface area contributed by atoms with Gasteiger partial charge in [0.2, 0.25) is 11.9 Å². The molecule has 0 unspecified atom stereocenters. The Hall–Kier alpha value is -2.84. The quantitative estimate of drug-likeness (QED) is 0.431. The van der Waals surface area contributed by atoms with Gasteiger partial charge in [-0.15, -0.1) is 10.2 Å². The molecule has 0 radical (unpaired) electrons. The summed E-state index contributed by atoms with van der Waals surface area (Å²) in [5.41, 5.74) is 2.18. The van der Waals surface area contributed by atoms with Crippen molar-refractivity contribution >= 4 is 23.6 Å². The minimum absolute atomic E-state index is 0.0507. The first-order chi connectivity index (χ1) is 16.5. The second-order valence-electron chi connectivity index (χ2n) is 8.90. The maximum atomic E-state index is 13.4. The minimum Gasteiger partial charge on any atom is -0.378 e. The Bertz CT molecular complexity index is 1010. The molecule has 4 rings (SSSR count). The molecule has 7 nitrogen and oxygen atoms in total. The highest BCUT2D eigenvalue weighted by Crippen LogP contribution is 2.29. The summed E-state index contributed by atoms with van der Waals surface area (Å²) >= 11 is 1.46. The zero-order chi connectivity index (χ0) is 23.9. The van der Waals surface area contributed by atoms with Crippen LogP contribution in [0.1, 0.15) is 31.0 Å². The van der Waals surface area contributed by atoms with Crippen LogP contribution >= 0.6 is 11.8 Å². The van der Waals surface area contributed by atoms with E-state index in [0.29, 0.717) is 24.9 Å². The Balaban J connectivity index is 1.51. The summed E-state index contributed by atoms with van der Waals surface area (Å²) in [5, 5.41) is 9.73. The van der Waals surface area contributed by atoms with Crippen molar-refractivity contribution in [2.75, 3.05) is 44.0 Å². The van der Waals surface area contributed by atoms with Gasteiger partial charge in [-0.1, -0.05) is 86.3 Å². The molecule has 180 valence electrons. The number of thioether (sulfide) groups is 1. The highest BCUT2D eigenvalue weighted by molar-refractivity contribution is 7.99. The monoisotopic (exact) mass is 479 g/mol. The normalized spacial score (nSPS) is 14.1.